The molecule has 0 amide bonds. The SMILES string of the molecule is CC(C)(C)C#Cc1cc(C2CCC2)ncn1. The normalized spacial score (nSPS) is 16.2. The van der Waals surface area contributed by atoms with Gasteiger partial charge in [0.05, 0.1) is 0 Å². The molecule has 2 rings (SSSR count). The Morgan fingerprint density at radius 3 is 2.56 bits per heavy atom. The summed E-state index contributed by atoms with van der Waals surface area (Å²) in [7, 11) is 0. The first-order valence-electron chi connectivity index (χ1n) is 5.90. The fourth-order valence-corrected chi connectivity index (χ4v) is 1.62. The van der Waals surface area contributed by atoms with Crippen LogP contribution < -0.4 is 0 Å². The second-order valence-corrected chi connectivity index (χ2v) is 5.46. The fourth-order valence-electron chi connectivity index (χ4n) is 1.62. The van der Waals surface area contributed by atoms with Gasteiger partial charge in [-0.25, -0.2) is 9.97 Å². The lowest BCUT2D eigenvalue weighted by Crippen LogP contribution is -2.11. The summed E-state index contributed by atoms with van der Waals surface area (Å²) >= 11 is 0. The van der Waals surface area contributed by atoms with Crippen LogP contribution in [0.15, 0.2) is 12.4 Å². The van der Waals surface area contributed by atoms with Crippen molar-refractivity contribution in [3.8, 4) is 11.8 Å². The van der Waals surface area contributed by atoms with Gasteiger partial charge in [0.2, 0.25) is 0 Å². The predicted molar refractivity (Wildman–Crippen MR) is 65.0 cm³/mol. The summed E-state index contributed by atoms with van der Waals surface area (Å²) in [5.41, 5.74) is 2.05. The van der Waals surface area contributed by atoms with Crippen molar-refractivity contribution in [3.05, 3.63) is 23.8 Å². The highest BCUT2D eigenvalue weighted by Gasteiger charge is 2.20. The highest BCUT2D eigenvalue weighted by atomic mass is 14.8. The summed E-state index contributed by atoms with van der Waals surface area (Å²) in [4.78, 5) is 8.53. The molecule has 0 spiro atoms. The zero-order valence-electron chi connectivity index (χ0n) is 10.2. The smallest absolute Gasteiger partial charge is 0.117 e. The Morgan fingerprint density at radius 1 is 1.25 bits per heavy atom. The van der Waals surface area contributed by atoms with E-state index in [1.165, 1.54) is 25.0 Å². The van der Waals surface area contributed by atoms with Gasteiger partial charge in [-0.05, 0) is 45.6 Å². The van der Waals surface area contributed by atoms with Gasteiger partial charge in [0.1, 0.15) is 12.0 Å². The lowest BCUT2D eigenvalue weighted by molar-refractivity contribution is 0.410. The molecule has 0 aliphatic heterocycles. The summed E-state index contributed by atoms with van der Waals surface area (Å²) in [6.45, 7) is 6.32. The van der Waals surface area contributed by atoms with Crippen molar-refractivity contribution in [1.82, 2.24) is 9.97 Å². The molecule has 1 aliphatic carbocycles. The topological polar surface area (TPSA) is 25.8 Å². The van der Waals surface area contributed by atoms with E-state index in [-0.39, 0.29) is 5.41 Å². The van der Waals surface area contributed by atoms with Crippen LogP contribution in [0.25, 0.3) is 0 Å². The molecule has 0 radical (unpaired) electrons. The maximum Gasteiger partial charge on any atom is 0.117 e. The van der Waals surface area contributed by atoms with Crippen LogP contribution in [0.5, 0.6) is 0 Å². The third-order valence-corrected chi connectivity index (χ3v) is 2.78. The number of hydrogen-bond acceptors (Lipinski definition) is 2. The van der Waals surface area contributed by atoms with E-state index in [1.807, 2.05) is 6.07 Å². The van der Waals surface area contributed by atoms with Gasteiger partial charge in [0.15, 0.2) is 0 Å². The fraction of sp³-hybridized carbons (Fsp3) is 0.571. The monoisotopic (exact) mass is 214 g/mol. The Kier molecular flexibility index (Phi) is 2.96. The molecule has 2 nitrogen and oxygen atoms in total. The zero-order valence-corrected chi connectivity index (χ0v) is 10.2. The summed E-state index contributed by atoms with van der Waals surface area (Å²) in [6.07, 6.45) is 5.50. The van der Waals surface area contributed by atoms with E-state index in [0.29, 0.717) is 5.92 Å². The van der Waals surface area contributed by atoms with Crippen molar-refractivity contribution < 1.29 is 0 Å². The van der Waals surface area contributed by atoms with Crippen LogP contribution in [-0.2, 0) is 0 Å². The van der Waals surface area contributed by atoms with Crippen molar-refractivity contribution in [3.63, 3.8) is 0 Å². The lowest BCUT2D eigenvalue weighted by atomic mass is 9.82. The van der Waals surface area contributed by atoms with Crippen LogP contribution in [-0.4, -0.2) is 9.97 Å². The van der Waals surface area contributed by atoms with Crippen LogP contribution in [0.4, 0.5) is 0 Å². The minimum atomic E-state index is 0.0293. The van der Waals surface area contributed by atoms with Gasteiger partial charge in [-0.1, -0.05) is 12.3 Å². The molecule has 1 aromatic heterocycles. The highest BCUT2D eigenvalue weighted by molar-refractivity contribution is 5.31. The van der Waals surface area contributed by atoms with E-state index >= 15 is 0 Å². The third kappa shape index (κ3) is 2.82. The van der Waals surface area contributed by atoms with Crippen molar-refractivity contribution in [2.75, 3.05) is 0 Å². The Hall–Kier alpha value is -1.36. The zero-order chi connectivity index (χ0) is 11.6. The molecule has 0 unspecified atom stereocenters. The molecule has 84 valence electrons. The standard InChI is InChI=1S/C14H18N2/c1-14(2,3)8-7-12-9-13(16-10-15-12)11-5-4-6-11/h9-11H,4-6H2,1-3H3. The average Bonchev–Trinajstić information content (AvgIpc) is 2.12. The number of hydrogen-bond donors (Lipinski definition) is 0. The predicted octanol–water partition coefficient (Wildman–Crippen LogP) is 3.14. The van der Waals surface area contributed by atoms with Crippen molar-refractivity contribution in [2.24, 2.45) is 5.41 Å². The van der Waals surface area contributed by atoms with Gasteiger partial charge in [0.25, 0.3) is 0 Å². The summed E-state index contributed by atoms with van der Waals surface area (Å²) < 4.78 is 0. The summed E-state index contributed by atoms with van der Waals surface area (Å²) in [5, 5.41) is 0. The Labute approximate surface area is 97.5 Å². The molecule has 0 aromatic carbocycles. The van der Waals surface area contributed by atoms with Crippen LogP contribution in [0.2, 0.25) is 0 Å². The second kappa shape index (κ2) is 4.25. The first-order chi connectivity index (χ1) is 7.54. The Balaban J connectivity index is 2.18. The molecule has 0 bridgehead atoms. The molecule has 16 heavy (non-hydrogen) atoms. The molecule has 1 saturated carbocycles. The maximum absolute atomic E-state index is 4.33. The van der Waals surface area contributed by atoms with Crippen molar-refractivity contribution in [1.29, 1.82) is 0 Å². The minimum Gasteiger partial charge on any atom is -0.241 e. The van der Waals surface area contributed by atoms with E-state index in [9.17, 15) is 0 Å². The largest absolute Gasteiger partial charge is 0.241 e. The molecule has 2 heteroatoms. The highest BCUT2D eigenvalue weighted by Crippen LogP contribution is 2.34. The van der Waals surface area contributed by atoms with E-state index in [2.05, 4.69) is 42.6 Å². The van der Waals surface area contributed by atoms with Crippen LogP contribution in [0.3, 0.4) is 0 Å². The molecule has 1 heterocycles. The van der Waals surface area contributed by atoms with E-state index in [1.54, 1.807) is 6.33 Å². The molecule has 1 fully saturated rings. The van der Waals surface area contributed by atoms with Crippen LogP contribution >= 0.6 is 0 Å². The van der Waals surface area contributed by atoms with Gasteiger partial charge in [0, 0.05) is 17.0 Å². The first kappa shape index (κ1) is 11.1. The van der Waals surface area contributed by atoms with E-state index < -0.39 is 0 Å². The molecule has 1 aliphatic rings. The van der Waals surface area contributed by atoms with Crippen molar-refractivity contribution in [2.45, 2.75) is 46.0 Å². The Morgan fingerprint density at radius 2 is 2.00 bits per heavy atom. The molecule has 0 saturated heterocycles. The summed E-state index contributed by atoms with van der Waals surface area (Å²) in [6, 6.07) is 2.04. The first-order valence-corrected chi connectivity index (χ1v) is 5.90. The van der Waals surface area contributed by atoms with Gasteiger partial charge >= 0.3 is 0 Å². The maximum atomic E-state index is 4.33. The number of aromatic nitrogens is 2. The average molecular weight is 214 g/mol. The molecule has 1 aromatic rings. The van der Waals surface area contributed by atoms with Gasteiger partial charge in [-0.15, -0.1) is 0 Å². The number of nitrogens with zero attached hydrogens (tertiary/aromatic N) is 2. The summed E-state index contributed by atoms with van der Waals surface area (Å²) in [5.74, 6) is 6.98. The van der Waals surface area contributed by atoms with E-state index in [0.717, 1.165) is 5.69 Å². The van der Waals surface area contributed by atoms with Crippen molar-refractivity contribution >= 4 is 0 Å². The Bertz CT molecular complexity index is 428. The molecule has 0 atom stereocenters. The van der Waals surface area contributed by atoms with Crippen LogP contribution in [0.1, 0.15) is 57.3 Å². The third-order valence-electron chi connectivity index (χ3n) is 2.78. The van der Waals surface area contributed by atoms with Gasteiger partial charge in [-0.2, -0.15) is 0 Å². The van der Waals surface area contributed by atoms with Gasteiger partial charge < -0.3 is 0 Å². The minimum absolute atomic E-state index is 0.0293. The number of rotatable bonds is 1. The molecular weight excluding hydrogens is 196 g/mol. The molecular formula is C14H18N2. The lowest BCUT2D eigenvalue weighted by Gasteiger charge is -2.24. The van der Waals surface area contributed by atoms with Crippen LogP contribution in [0, 0.1) is 17.3 Å². The second-order valence-electron chi connectivity index (χ2n) is 5.46. The molecule has 0 N–H and O–H groups in total. The van der Waals surface area contributed by atoms with Gasteiger partial charge in [-0.3, -0.25) is 0 Å². The quantitative estimate of drug-likeness (QED) is 0.671. The van der Waals surface area contributed by atoms with E-state index in [4.69, 9.17) is 0 Å².